The van der Waals surface area contributed by atoms with E-state index in [0.717, 1.165) is 17.8 Å². The van der Waals surface area contributed by atoms with Crippen LogP contribution in [0.2, 0.25) is 0 Å². The molecule has 1 aromatic rings. The summed E-state index contributed by atoms with van der Waals surface area (Å²) in [6, 6.07) is 0. The van der Waals surface area contributed by atoms with Crippen LogP contribution in [0.1, 0.15) is 38.3 Å². The Morgan fingerprint density at radius 3 is 2.62 bits per heavy atom. The lowest BCUT2D eigenvalue weighted by molar-refractivity contribution is 0.506. The summed E-state index contributed by atoms with van der Waals surface area (Å²) in [6.07, 6.45) is 8.31. The van der Waals surface area contributed by atoms with E-state index in [2.05, 4.69) is 43.9 Å². The van der Waals surface area contributed by atoms with Crippen LogP contribution < -0.4 is 0 Å². The summed E-state index contributed by atoms with van der Waals surface area (Å²) in [7, 11) is 0. The predicted molar refractivity (Wildman–Crippen MR) is 72.5 cm³/mol. The van der Waals surface area contributed by atoms with Gasteiger partial charge in [0, 0.05) is 18.0 Å². The van der Waals surface area contributed by atoms with Crippen LogP contribution >= 0.6 is 0 Å². The highest BCUT2D eigenvalue weighted by atomic mass is 14.9. The number of nitrogens with one attached hydrogen (secondary N) is 1. The molecule has 0 spiro atoms. The van der Waals surface area contributed by atoms with E-state index in [4.69, 9.17) is 0 Å². The van der Waals surface area contributed by atoms with Gasteiger partial charge in [-0.05, 0) is 17.4 Å². The first-order valence-corrected chi connectivity index (χ1v) is 5.56. The third kappa shape index (κ3) is 2.32. The number of allylic oxidation sites excluding steroid dienone is 1. The van der Waals surface area contributed by atoms with Crippen LogP contribution in [0.3, 0.4) is 0 Å². The molecule has 0 radical (unpaired) electrons. The third-order valence-electron chi connectivity index (χ3n) is 3.02. The van der Waals surface area contributed by atoms with E-state index in [1.54, 1.807) is 12.3 Å². The molecule has 0 amide bonds. The monoisotopic (exact) mass is 216 g/mol. The largest absolute Gasteiger partial charge is 0.346 e. The molecule has 1 N–H and O–H groups in total. The summed E-state index contributed by atoms with van der Waals surface area (Å²) in [5, 5.41) is 0. The van der Waals surface area contributed by atoms with Crippen molar-refractivity contribution in [1.29, 1.82) is 0 Å². The predicted octanol–water partition coefficient (Wildman–Crippen LogP) is 4.23. The van der Waals surface area contributed by atoms with Crippen molar-refractivity contribution >= 4 is 18.1 Å². The van der Waals surface area contributed by atoms with Crippen molar-refractivity contribution in [2.45, 2.75) is 32.6 Å². The van der Waals surface area contributed by atoms with Gasteiger partial charge in [0.15, 0.2) is 0 Å². The topological polar surface area (TPSA) is 28.1 Å². The SMILES string of the molecule is C=CC=Nc1[nH]cc(C(C)(C)CC)c1C=C. The van der Waals surface area contributed by atoms with Crippen LogP contribution in [0.5, 0.6) is 0 Å². The molecule has 1 heterocycles. The number of rotatable bonds is 5. The molecule has 2 heteroatoms. The van der Waals surface area contributed by atoms with E-state index in [9.17, 15) is 0 Å². The van der Waals surface area contributed by atoms with Crippen molar-refractivity contribution in [3.63, 3.8) is 0 Å². The zero-order chi connectivity index (χ0) is 12.2. The number of aromatic amines is 1. The zero-order valence-corrected chi connectivity index (χ0v) is 10.4. The van der Waals surface area contributed by atoms with Gasteiger partial charge in [-0.15, -0.1) is 0 Å². The summed E-state index contributed by atoms with van der Waals surface area (Å²) in [4.78, 5) is 7.48. The molecule has 86 valence electrons. The highest BCUT2D eigenvalue weighted by Gasteiger charge is 2.23. The van der Waals surface area contributed by atoms with Gasteiger partial charge in [0.25, 0.3) is 0 Å². The summed E-state index contributed by atoms with van der Waals surface area (Å²) in [5.74, 6) is 0.853. The van der Waals surface area contributed by atoms with Crippen molar-refractivity contribution < 1.29 is 0 Å². The minimum Gasteiger partial charge on any atom is -0.346 e. The number of H-pyrrole nitrogens is 1. The van der Waals surface area contributed by atoms with Gasteiger partial charge in [0.1, 0.15) is 5.82 Å². The van der Waals surface area contributed by atoms with Crippen LogP contribution in [0.15, 0.2) is 30.4 Å². The molecule has 0 aliphatic heterocycles. The molecular weight excluding hydrogens is 196 g/mol. The average Bonchev–Trinajstić information content (AvgIpc) is 2.69. The fourth-order valence-electron chi connectivity index (χ4n) is 1.61. The fourth-order valence-corrected chi connectivity index (χ4v) is 1.61. The highest BCUT2D eigenvalue weighted by molar-refractivity contribution is 5.76. The van der Waals surface area contributed by atoms with Crippen LogP contribution in [0.4, 0.5) is 5.82 Å². The number of hydrogen-bond acceptors (Lipinski definition) is 1. The van der Waals surface area contributed by atoms with Crippen molar-refractivity contribution in [2.24, 2.45) is 4.99 Å². The van der Waals surface area contributed by atoms with Gasteiger partial charge in [-0.25, -0.2) is 4.99 Å². The number of nitrogens with zero attached hydrogens (tertiary/aromatic N) is 1. The molecule has 1 rings (SSSR count). The Labute approximate surface area is 97.8 Å². The molecule has 2 nitrogen and oxygen atoms in total. The lowest BCUT2D eigenvalue weighted by Gasteiger charge is -2.22. The summed E-state index contributed by atoms with van der Waals surface area (Å²) < 4.78 is 0. The van der Waals surface area contributed by atoms with Gasteiger partial charge >= 0.3 is 0 Å². The van der Waals surface area contributed by atoms with Crippen LogP contribution in [0, 0.1) is 0 Å². The fraction of sp³-hybridized carbons (Fsp3) is 0.357. The number of aromatic nitrogens is 1. The van der Waals surface area contributed by atoms with E-state index >= 15 is 0 Å². The van der Waals surface area contributed by atoms with E-state index in [1.165, 1.54) is 5.56 Å². The molecule has 0 saturated carbocycles. The maximum absolute atomic E-state index is 4.29. The Morgan fingerprint density at radius 2 is 2.12 bits per heavy atom. The van der Waals surface area contributed by atoms with Crippen LogP contribution in [-0.4, -0.2) is 11.2 Å². The van der Waals surface area contributed by atoms with Gasteiger partial charge in [-0.2, -0.15) is 0 Å². The van der Waals surface area contributed by atoms with Gasteiger partial charge in [0.05, 0.1) is 0 Å². The minimum atomic E-state index is 0.141. The van der Waals surface area contributed by atoms with Gasteiger partial charge in [-0.1, -0.05) is 46.1 Å². The quantitative estimate of drug-likeness (QED) is 0.713. The van der Waals surface area contributed by atoms with Crippen molar-refractivity contribution in [2.75, 3.05) is 0 Å². The second-order valence-electron chi connectivity index (χ2n) is 4.42. The van der Waals surface area contributed by atoms with E-state index in [-0.39, 0.29) is 5.41 Å². The summed E-state index contributed by atoms with van der Waals surface area (Å²) in [6.45, 7) is 14.1. The molecule has 0 aliphatic rings. The molecule has 16 heavy (non-hydrogen) atoms. The summed E-state index contributed by atoms with van der Waals surface area (Å²) >= 11 is 0. The normalized spacial score (nSPS) is 11.9. The first kappa shape index (κ1) is 12.5. The van der Waals surface area contributed by atoms with Crippen molar-refractivity contribution in [1.82, 2.24) is 4.98 Å². The maximum atomic E-state index is 4.29. The first-order valence-electron chi connectivity index (χ1n) is 5.56. The standard InChI is InChI=1S/C14H20N2/c1-6-9-15-13-11(7-2)12(10-16-13)14(4,5)8-3/h6-7,9-10,16H,1-2,8H2,3-5H3. The molecule has 0 unspecified atom stereocenters. The number of hydrogen-bond donors (Lipinski definition) is 1. The zero-order valence-electron chi connectivity index (χ0n) is 10.4. The second-order valence-corrected chi connectivity index (χ2v) is 4.42. The lowest BCUT2D eigenvalue weighted by Crippen LogP contribution is -2.15. The van der Waals surface area contributed by atoms with E-state index < -0.39 is 0 Å². The Bertz CT molecular complexity index is 408. The van der Waals surface area contributed by atoms with Crippen molar-refractivity contribution in [3.8, 4) is 0 Å². The third-order valence-corrected chi connectivity index (χ3v) is 3.02. The molecule has 0 bridgehead atoms. The minimum absolute atomic E-state index is 0.141. The molecule has 0 fully saturated rings. The Hall–Kier alpha value is -1.57. The maximum Gasteiger partial charge on any atom is 0.137 e. The van der Waals surface area contributed by atoms with E-state index in [1.807, 2.05) is 12.3 Å². The molecule has 0 aliphatic carbocycles. The molecule has 0 aromatic carbocycles. The molecule has 0 atom stereocenters. The highest BCUT2D eigenvalue weighted by Crippen LogP contribution is 2.34. The van der Waals surface area contributed by atoms with Gasteiger partial charge in [-0.3, -0.25) is 0 Å². The smallest absolute Gasteiger partial charge is 0.137 e. The van der Waals surface area contributed by atoms with Crippen molar-refractivity contribution in [3.05, 3.63) is 36.6 Å². The lowest BCUT2D eigenvalue weighted by atomic mass is 9.81. The first-order chi connectivity index (χ1) is 7.56. The van der Waals surface area contributed by atoms with E-state index in [0.29, 0.717) is 0 Å². The Morgan fingerprint density at radius 1 is 1.44 bits per heavy atom. The Balaban J connectivity index is 3.23. The van der Waals surface area contributed by atoms with Crippen LogP contribution in [-0.2, 0) is 5.41 Å². The van der Waals surface area contributed by atoms with Crippen LogP contribution in [0.25, 0.3) is 6.08 Å². The Kier molecular flexibility index (Phi) is 3.88. The number of aliphatic imine (C=N–C) groups is 1. The molecule has 0 saturated heterocycles. The second kappa shape index (κ2) is 4.97. The average molecular weight is 216 g/mol. The summed E-state index contributed by atoms with van der Waals surface area (Å²) in [5.41, 5.74) is 2.49. The molecule has 1 aromatic heterocycles. The van der Waals surface area contributed by atoms with Gasteiger partial charge < -0.3 is 4.98 Å². The molecular formula is C14H20N2. The van der Waals surface area contributed by atoms with Gasteiger partial charge in [0.2, 0.25) is 0 Å².